The summed E-state index contributed by atoms with van der Waals surface area (Å²) in [5.74, 6) is 0.505. The van der Waals surface area contributed by atoms with E-state index >= 15 is 0 Å². The van der Waals surface area contributed by atoms with Crippen LogP contribution >= 0.6 is 0 Å². The Balaban J connectivity index is 2.14. The molecule has 1 saturated heterocycles. The number of likely N-dealkylation sites (N-methyl/N-ethyl adjacent to an activating group) is 1. The van der Waals surface area contributed by atoms with Gasteiger partial charge in [-0.25, -0.2) is 4.39 Å². The molecule has 0 saturated carbocycles. The van der Waals surface area contributed by atoms with E-state index in [1.807, 2.05) is 19.2 Å². The number of rotatable bonds is 6. The summed E-state index contributed by atoms with van der Waals surface area (Å²) in [4.78, 5) is 0. The van der Waals surface area contributed by atoms with Crippen molar-refractivity contribution in [3.05, 3.63) is 29.6 Å². The maximum absolute atomic E-state index is 14.3. The summed E-state index contributed by atoms with van der Waals surface area (Å²) in [5.41, 5.74) is 0.699. The van der Waals surface area contributed by atoms with Crippen molar-refractivity contribution in [1.82, 2.24) is 5.32 Å². The molecule has 1 N–H and O–H groups in total. The third kappa shape index (κ3) is 3.13. The first-order valence-corrected chi connectivity index (χ1v) is 7.31. The third-order valence-electron chi connectivity index (χ3n) is 4.25. The topological polar surface area (TPSA) is 30.5 Å². The Morgan fingerprint density at radius 3 is 2.95 bits per heavy atom. The van der Waals surface area contributed by atoms with E-state index in [-0.39, 0.29) is 18.0 Å². The molecule has 20 heavy (non-hydrogen) atoms. The Morgan fingerprint density at radius 1 is 1.50 bits per heavy atom. The molecule has 2 rings (SSSR count). The summed E-state index contributed by atoms with van der Waals surface area (Å²) in [5, 5.41) is 3.33. The molecule has 0 radical (unpaired) electrons. The smallest absolute Gasteiger partial charge is 0.168 e. The predicted octanol–water partition coefficient (Wildman–Crippen LogP) is 2.78. The molecule has 1 fully saturated rings. The molecule has 0 spiro atoms. The van der Waals surface area contributed by atoms with Crippen LogP contribution in [0.15, 0.2) is 18.2 Å². The van der Waals surface area contributed by atoms with Gasteiger partial charge < -0.3 is 14.8 Å². The maximum Gasteiger partial charge on any atom is 0.168 e. The van der Waals surface area contributed by atoms with Crippen LogP contribution in [0.3, 0.4) is 0 Å². The summed E-state index contributed by atoms with van der Waals surface area (Å²) < 4.78 is 25.1. The van der Waals surface area contributed by atoms with Crippen molar-refractivity contribution < 1.29 is 13.9 Å². The molecule has 3 unspecified atom stereocenters. The molecule has 112 valence electrons. The summed E-state index contributed by atoms with van der Waals surface area (Å²) in [6, 6.07) is 5.55. The molecule has 3 nitrogen and oxygen atoms in total. The van der Waals surface area contributed by atoms with Gasteiger partial charge in [-0.3, -0.25) is 0 Å². The van der Waals surface area contributed by atoms with Crippen molar-refractivity contribution in [3.63, 3.8) is 0 Å². The Kier molecular flexibility index (Phi) is 5.38. The molecule has 0 aromatic heterocycles. The van der Waals surface area contributed by atoms with Gasteiger partial charge in [0, 0.05) is 18.6 Å². The molecule has 0 amide bonds. The van der Waals surface area contributed by atoms with Crippen molar-refractivity contribution in [2.24, 2.45) is 5.92 Å². The number of nitrogens with one attached hydrogen (secondary N) is 1. The minimum Gasteiger partial charge on any atom is -0.494 e. The highest BCUT2D eigenvalue weighted by atomic mass is 19.1. The fourth-order valence-electron chi connectivity index (χ4n) is 3.12. The zero-order valence-electron chi connectivity index (χ0n) is 12.5. The molecule has 1 aromatic carbocycles. The normalized spacial score (nSPS) is 23.8. The molecular weight excluding hydrogens is 257 g/mol. The first-order valence-electron chi connectivity index (χ1n) is 7.31. The Morgan fingerprint density at radius 2 is 2.30 bits per heavy atom. The van der Waals surface area contributed by atoms with Gasteiger partial charge in [-0.15, -0.1) is 0 Å². The van der Waals surface area contributed by atoms with Crippen LogP contribution in [0.1, 0.15) is 25.3 Å². The van der Waals surface area contributed by atoms with Gasteiger partial charge in [0.1, 0.15) is 0 Å². The van der Waals surface area contributed by atoms with Crippen molar-refractivity contribution in [2.75, 3.05) is 20.8 Å². The fraction of sp³-hybridized carbons (Fsp3) is 0.625. The van der Waals surface area contributed by atoms with Crippen LogP contribution in [-0.4, -0.2) is 32.9 Å². The number of benzene rings is 1. The van der Waals surface area contributed by atoms with Crippen LogP contribution in [0.2, 0.25) is 0 Å². The lowest BCUT2D eigenvalue weighted by Gasteiger charge is -2.27. The van der Waals surface area contributed by atoms with Crippen LogP contribution in [0, 0.1) is 11.7 Å². The lowest BCUT2D eigenvalue weighted by molar-refractivity contribution is 0.0782. The van der Waals surface area contributed by atoms with Gasteiger partial charge in [0.25, 0.3) is 0 Å². The second-order valence-electron chi connectivity index (χ2n) is 5.30. The van der Waals surface area contributed by atoms with Crippen LogP contribution < -0.4 is 10.1 Å². The lowest BCUT2D eigenvalue weighted by atomic mass is 9.87. The van der Waals surface area contributed by atoms with Gasteiger partial charge in [0.05, 0.1) is 13.2 Å². The number of halogens is 1. The van der Waals surface area contributed by atoms with Crippen molar-refractivity contribution in [2.45, 2.75) is 38.3 Å². The van der Waals surface area contributed by atoms with Crippen molar-refractivity contribution in [1.29, 1.82) is 0 Å². The number of hydrogen-bond acceptors (Lipinski definition) is 3. The summed E-state index contributed by atoms with van der Waals surface area (Å²) in [7, 11) is 3.43. The van der Waals surface area contributed by atoms with Crippen LogP contribution in [0.25, 0.3) is 0 Å². The maximum atomic E-state index is 14.3. The Bertz CT molecular complexity index is 438. The predicted molar refractivity (Wildman–Crippen MR) is 77.6 cm³/mol. The molecule has 4 heteroatoms. The first-order chi connectivity index (χ1) is 9.71. The minimum absolute atomic E-state index is 0.226. The quantitative estimate of drug-likeness (QED) is 0.869. The molecule has 1 heterocycles. The summed E-state index contributed by atoms with van der Waals surface area (Å²) >= 11 is 0. The monoisotopic (exact) mass is 281 g/mol. The van der Waals surface area contributed by atoms with Crippen LogP contribution in [0.5, 0.6) is 5.75 Å². The van der Waals surface area contributed by atoms with Gasteiger partial charge >= 0.3 is 0 Å². The molecule has 1 aliphatic rings. The minimum atomic E-state index is -0.248. The van der Waals surface area contributed by atoms with Gasteiger partial charge in [-0.2, -0.15) is 0 Å². The van der Waals surface area contributed by atoms with Gasteiger partial charge in [-0.1, -0.05) is 19.1 Å². The highest BCUT2D eigenvalue weighted by molar-refractivity contribution is 5.31. The van der Waals surface area contributed by atoms with Crippen LogP contribution in [-0.2, 0) is 11.2 Å². The first kappa shape index (κ1) is 15.3. The van der Waals surface area contributed by atoms with E-state index in [1.54, 1.807) is 6.07 Å². The fourth-order valence-corrected chi connectivity index (χ4v) is 3.12. The standard InChI is InChI=1S/C16H24FNO2/c1-4-14-12(8-9-20-14)13(18-2)10-11-6-5-7-15(19-3)16(11)17/h5-7,12-14,18H,4,8-10H2,1-3H3. The van der Waals surface area contributed by atoms with E-state index in [0.29, 0.717) is 23.7 Å². The second-order valence-corrected chi connectivity index (χ2v) is 5.30. The highest BCUT2D eigenvalue weighted by Crippen LogP contribution is 2.29. The Hall–Kier alpha value is -1.13. The molecule has 0 aliphatic carbocycles. The van der Waals surface area contributed by atoms with E-state index in [0.717, 1.165) is 19.4 Å². The largest absolute Gasteiger partial charge is 0.494 e. The SMILES string of the molecule is CCC1OCCC1C(Cc1cccc(OC)c1F)NC. The zero-order valence-corrected chi connectivity index (χ0v) is 12.5. The lowest BCUT2D eigenvalue weighted by Crippen LogP contribution is -2.39. The van der Waals surface area contributed by atoms with Crippen LogP contribution in [0.4, 0.5) is 4.39 Å². The van der Waals surface area contributed by atoms with E-state index < -0.39 is 0 Å². The van der Waals surface area contributed by atoms with Gasteiger partial charge in [-0.05, 0) is 37.9 Å². The number of methoxy groups -OCH3 is 1. The second kappa shape index (κ2) is 7.04. The van der Waals surface area contributed by atoms with Gasteiger partial charge in [0.15, 0.2) is 11.6 Å². The number of ether oxygens (including phenoxy) is 2. The average Bonchev–Trinajstić information content (AvgIpc) is 2.94. The molecule has 1 aromatic rings. The summed E-state index contributed by atoms with van der Waals surface area (Å²) in [6.45, 7) is 2.95. The molecule has 3 atom stereocenters. The highest BCUT2D eigenvalue weighted by Gasteiger charge is 2.33. The van der Waals surface area contributed by atoms with E-state index in [4.69, 9.17) is 9.47 Å². The molecular formula is C16H24FNO2. The Labute approximate surface area is 120 Å². The van der Waals surface area contributed by atoms with E-state index in [9.17, 15) is 4.39 Å². The van der Waals surface area contributed by atoms with Crippen molar-refractivity contribution >= 4 is 0 Å². The zero-order chi connectivity index (χ0) is 14.5. The number of hydrogen-bond donors (Lipinski definition) is 1. The third-order valence-corrected chi connectivity index (χ3v) is 4.25. The van der Waals surface area contributed by atoms with Crippen molar-refractivity contribution in [3.8, 4) is 5.75 Å². The van der Waals surface area contributed by atoms with E-state index in [1.165, 1.54) is 7.11 Å². The van der Waals surface area contributed by atoms with E-state index in [2.05, 4.69) is 12.2 Å². The average molecular weight is 281 g/mol. The molecule has 0 bridgehead atoms. The summed E-state index contributed by atoms with van der Waals surface area (Å²) in [6.07, 6.45) is 2.98. The molecule has 1 aliphatic heterocycles. The van der Waals surface area contributed by atoms with Gasteiger partial charge in [0.2, 0.25) is 0 Å².